The zero-order chi connectivity index (χ0) is 10.5. The van der Waals surface area contributed by atoms with Gasteiger partial charge in [-0.05, 0) is 13.8 Å². The number of carbonyl (C=O) groups is 1. The molecule has 78 valence electrons. The maximum absolute atomic E-state index is 11.4. The largest absolute Gasteiger partial charge is 0.436 e. The van der Waals surface area contributed by atoms with E-state index in [1.807, 2.05) is 0 Å². The van der Waals surface area contributed by atoms with Gasteiger partial charge in [-0.25, -0.2) is 0 Å². The predicted molar refractivity (Wildman–Crippen MR) is 47.5 cm³/mol. The van der Waals surface area contributed by atoms with E-state index in [9.17, 15) is 9.36 Å². The lowest BCUT2D eigenvalue weighted by atomic mass is 10.7. The second-order valence-corrected chi connectivity index (χ2v) is 4.48. The van der Waals surface area contributed by atoms with Crippen molar-refractivity contribution < 1.29 is 23.1 Å². The summed E-state index contributed by atoms with van der Waals surface area (Å²) in [6.45, 7) is 6.06. The third-order valence-electron chi connectivity index (χ3n) is 1.04. The van der Waals surface area contributed by atoms with E-state index in [0.29, 0.717) is 6.61 Å². The van der Waals surface area contributed by atoms with Gasteiger partial charge in [0.1, 0.15) is 0 Å². The lowest BCUT2D eigenvalue weighted by Crippen LogP contribution is -2.15. The first kappa shape index (κ1) is 12.6. The number of carbonyl (C=O) groups excluding carboxylic acids is 1. The molecular weight excluding hydrogens is 195 g/mol. The molecule has 0 bridgehead atoms. The Morgan fingerprint density at radius 3 is 2.46 bits per heavy atom. The molecule has 0 spiro atoms. The number of ether oxygens (including phenoxy) is 1. The highest BCUT2D eigenvalue weighted by Gasteiger charge is 2.21. The average molecular weight is 210 g/mol. The van der Waals surface area contributed by atoms with Crippen LogP contribution < -0.4 is 0 Å². The molecule has 0 aromatic rings. The summed E-state index contributed by atoms with van der Waals surface area (Å²) in [6, 6.07) is 0. The molecule has 13 heavy (non-hydrogen) atoms. The summed E-state index contributed by atoms with van der Waals surface area (Å²) in [4.78, 5) is 10.5. The fourth-order valence-corrected chi connectivity index (χ4v) is 1.90. The molecule has 0 aromatic carbocycles. The molecule has 0 saturated heterocycles. The second kappa shape index (κ2) is 5.37. The van der Waals surface area contributed by atoms with Crippen molar-refractivity contribution in [3.63, 3.8) is 0 Å². The monoisotopic (exact) mass is 210 g/mol. The molecule has 0 aliphatic rings. The van der Waals surface area contributed by atoms with Crippen LogP contribution in [0.5, 0.6) is 0 Å². The van der Waals surface area contributed by atoms with E-state index < -0.39 is 19.9 Å². The van der Waals surface area contributed by atoms with Crippen LogP contribution in [0.3, 0.4) is 0 Å². The highest BCUT2D eigenvalue weighted by molar-refractivity contribution is 7.52. The maximum atomic E-state index is 11.4. The Balaban J connectivity index is 3.96. The van der Waals surface area contributed by atoms with Crippen LogP contribution in [0.1, 0.15) is 20.8 Å². The van der Waals surface area contributed by atoms with Crippen molar-refractivity contribution >= 4 is 13.6 Å². The van der Waals surface area contributed by atoms with Crippen molar-refractivity contribution in [3.05, 3.63) is 0 Å². The molecular formula is C7H15O5P. The minimum atomic E-state index is -3.08. The number of rotatable bonds is 5. The van der Waals surface area contributed by atoms with E-state index in [2.05, 4.69) is 4.74 Å². The Kier molecular flexibility index (Phi) is 5.21. The first-order valence-corrected chi connectivity index (χ1v) is 5.94. The van der Waals surface area contributed by atoms with Crippen molar-refractivity contribution in [2.24, 2.45) is 0 Å². The van der Waals surface area contributed by atoms with Crippen LogP contribution >= 0.6 is 7.60 Å². The molecule has 0 aliphatic carbocycles. The van der Waals surface area contributed by atoms with Crippen molar-refractivity contribution in [1.82, 2.24) is 0 Å². The van der Waals surface area contributed by atoms with Gasteiger partial charge in [-0.3, -0.25) is 13.9 Å². The summed E-state index contributed by atoms with van der Waals surface area (Å²) >= 11 is 0. The quantitative estimate of drug-likeness (QED) is 0.393. The molecule has 0 radical (unpaired) electrons. The molecule has 0 N–H and O–H groups in total. The minimum Gasteiger partial charge on any atom is -0.436 e. The van der Waals surface area contributed by atoms with Crippen molar-refractivity contribution in [3.8, 4) is 0 Å². The number of esters is 1. The lowest BCUT2D eigenvalue weighted by Gasteiger charge is -2.17. The smallest absolute Gasteiger partial charge is 0.330 e. The van der Waals surface area contributed by atoms with E-state index >= 15 is 0 Å². The Morgan fingerprint density at radius 1 is 1.54 bits per heavy atom. The van der Waals surface area contributed by atoms with E-state index in [0.717, 1.165) is 0 Å². The maximum Gasteiger partial charge on any atom is 0.330 e. The van der Waals surface area contributed by atoms with Crippen LogP contribution in [-0.4, -0.2) is 25.5 Å². The van der Waals surface area contributed by atoms with Gasteiger partial charge in [-0.2, -0.15) is 0 Å². The summed E-state index contributed by atoms with van der Waals surface area (Å²) in [5.41, 5.74) is 0. The standard InChI is InChI=1S/C7H15O5P/c1-5-10-13(4,9)12-7(3)11-6(2)8/h7H,5H2,1-4H3. The van der Waals surface area contributed by atoms with Crippen LogP contribution in [0.2, 0.25) is 0 Å². The molecule has 5 nitrogen and oxygen atoms in total. The molecule has 0 amide bonds. The third-order valence-corrected chi connectivity index (χ3v) is 2.44. The van der Waals surface area contributed by atoms with Gasteiger partial charge in [-0.1, -0.05) is 0 Å². The predicted octanol–water partition coefficient (Wildman–Crippen LogP) is 1.77. The van der Waals surface area contributed by atoms with E-state index in [4.69, 9.17) is 9.05 Å². The summed E-state index contributed by atoms with van der Waals surface area (Å²) in [6.07, 6.45) is -0.847. The molecule has 6 heteroatoms. The number of hydrogen-bond acceptors (Lipinski definition) is 5. The summed E-state index contributed by atoms with van der Waals surface area (Å²) in [5.74, 6) is -0.482. The summed E-state index contributed by atoms with van der Waals surface area (Å²) < 4.78 is 25.7. The van der Waals surface area contributed by atoms with Gasteiger partial charge in [0.25, 0.3) is 0 Å². The topological polar surface area (TPSA) is 61.8 Å². The van der Waals surface area contributed by atoms with Gasteiger partial charge < -0.3 is 9.26 Å². The first-order valence-electron chi connectivity index (χ1n) is 3.95. The van der Waals surface area contributed by atoms with E-state index in [1.54, 1.807) is 6.92 Å². The van der Waals surface area contributed by atoms with Gasteiger partial charge >= 0.3 is 13.6 Å². The molecule has 0 saturated carbocycles. The van der Waals surface area contributed by atoms with Gasteiger partial charge in [0.05, 0.1) is 6.61 Å². The molecule has 2 atom stereocenters. The van der Waals surface area contributed by atoms with E-state index in [1.165, 1.54) is 20.5 Å². The van der Waals surface area contributed by atoms with Crippen LogP contribution in [0.4, 0.5) is 0 Å². The molecule has 0 heterocycles. The zero-order valence-electron chi connectivity index (χ0n) is 8.27. The van der Waals surface area contributed by atoms with E-state index in [-0.39, 0.29) is 0 Å². The second-order valence-electron chi connectivity index (χ2n) is 2.47. The third kappa shape index (κ3) is 6.75. The van der Waals surface area contributed by atoms with Crippen LogP contribution in [-0.2, 0) is 23.1 Å². The zero-order valence-corrected chi connectivity index (χ0v) is 9.17. The van der Waals surface area contributed by atoms with Crippen molar-refractivity contribution in [1.29, 1.82) is 0 Å². The van der Waals surface area contributed by atoms with Gasteiger partial charge in [-0.15, -0.1) is 0 Å². The Hall–Kier alpha value is -0.380. The molecule has 0 aromatic heterocycles. The fraction of sp³-hybridized carbons (Fsp3) is 0.857. The highest BCUT2D eigenvalue weighted by atomic mass is 31.2. The normalized spacial score (nSPS) is 17.5. The van der Waals surface area contributed by atoms with Crippen molar-refractivity contribution in [2.45, 2.75) is 27.1 Å². The molecule has 0 fully saturated rings. The average Bonchev–Trinajstić information content (AvgIpc) is 1.81. The minimum absolute atomic E-state index is 0.292. The Morgan fingerprint density at radius 2 is 2.08 bits per heavy atom. The van der Waals surface area contributed by atoms with Gasteiger partial charge in [0.15, 0.2) is 0 Å². The van der Waals surface area contributed by atoms with Crippen LogP contribution in [0.15, 0.2) is 0 Å². The Labute approximate surface area is 77.9 Å². The molecule has 0 aliphatic heterocycles. The summed E-state index contributed by atoms with van der Waals surface area (Å²) in [5, 5.41) is 0. The van der Waals surface area contributed by atoms with Gasteiger partial charge in [0, 0.05) is 13.6 Å². The fourth-order valence-electron chi connectivity index (χ4n) is 0.790. The SMILES string of the molecule is CCOP(C)(=O)OC(C)OC(C)=O. The Bertz CT molecular complexity index is 215. The molecule has 2 unspecified atom stereocenters. The summed E-state index contributed by atoms with van der Waals surface area (Å²) in [7, 11) is -3.08. The van der Waals surface area contributed by atoms with Crippen molar-refractivity contribution in [2.75, 3.05) is 13.3 Å². The highest BCUT2D eigenvalue weighted by Crippen LogP contribution is 2.44. The lowest BCUT2D eigenvalue weighted by molar-refractivity contribution is -0.159. The molecule has 0 rings (SSSR count). The van der Waals surface area contributed by atoms with Gasteiger partial charge in [0.2, 0.25) is 6.29 Å². The first-order chi connectivity index (χ1) is 5.87. The van der Waals surface area contributed by atoms with Crippen LogP contribution in [0.25, 0.3) is 0 Å². The van der Waals surface area contributed by atoms with Crippen LogP contribution in [0, 0.1) is 0 Å². The number of hydrogen-bond donors (Lipinski definition) is 0.